The number of aldehydes is 1. The fourth-order valence-electron chi connectivity index (χ4n) is 4.38. The third-order valence-electron chi connectivity index (χ3n) is 7.84. The Balaban J connectivity index is -0.000000297. The Morgan fingerprint density at radius 1 is 0.679 bits per heavy atom. The largest absolute Gasteiger partial charge is 1.00 e. The van der Waals surface area contributed by atoms with E-state index in [9.17, 15) is 9.90 Å². The maximum atomic E-state index is 10.1. The third kappa shape index (κ3) is 21.8. The molecule has 1 atom stereocenters. The molecule has 0 bridgehead atoms. The zero-order valence-electron chi connectivity index (χ0n) is 35.2. The summed E-state index contributed by atoms with van der Waals surface area (Å²) in [5.41, 5.74) is 7.51. The van der Waals surface area contributed by atoms with Crippen LogP contribution in [0.4, 0.5) is 0 Å². The van der Waals surface area contributed by atoms with Gasteiger partial charge in [0.2, 0.25) is 0 Å². The number of hydrogen-bond donors (Lipinski definition) is 1. The molecule has 0 fully saturated rings. The van der Waals surface area contributed by atoms with Crippen LogP contribution >= 0.6 is 45.3 Å². The molecule has 0 amide bonds. The number of hydrogen-bond acceptors (Lipinski definition) is 7. The van der Waals surface area contributed by atoms with E-state index in [1.54, 1.807) is 22.7 Å². The predicted molar refractivity (Wildman–Crippen MR) is 230 cm³/mol. The van der Waals surface area contributed by atoms with Crippen molar-refractivity contribution in [2.45, 2.75) is 94.1 Å². The van der Waals surface area contributed by atoms with E-state index < -0.39 is 6.10 Å². The summed E-state index contributed by atoms with van der Waals surface area (Å²) in [6, 6.07) is 28.8. The minimum Gasteiger partial charge on any atom is -1.00 e. The van der Waals surface area contributed by atoms with E-state index in [1.807, 2.05) is 60.0 Å². The van der Waals surface area contributed by atoms with Gasteiger partial charge in [-0.1, -0.05) is 93.8 Å². The molecule has 0 aliphatic rings. The summed E-state index contributed by atoms with van der Waals surface area (Å²) in [6.07, 6.45) is 5.55. The molecule has 0 saturated carbocycles. The van der Waals surface area contributed by atoms with E-state index in [0.717, 1.165) is 33.6 Å². The molecule has 2 aromatic carbocycles. The molecule has 6 rings (SSSR count). The molecule has 0 radical (unpaired) electrons. The number of carbonyl (C=O) groups excluding carboxylic acids is 1. The van der Waals surface area contributed by atoms with Crippen LogP contribution in [0.1, 0.15) is 108 Å². The molecule has 2 N–H and O–H groups in total. The van der Waals surface area contributed by atoms with Crippen LogP contribution in [0.25, 0.3) is 0 Å². The predicted octanol–water partition coefficient (Wildman–Crippen LogP) is 8.23. The van der Waals surface area contributed by atoms with Gasteiger partial charge in [-0.2, -0.15) is 0 Å². The molecule has 9 heteroatoms. The molecular formula is C44H59KLiO3S4-. The third-order valence-corrected chi connectivity index (χ3v) is 12.1. The van der Waals surface area contributed by atoms with Crippen LogP contribution in [0.5, 0.6) is 0 Å². The molecule has 6 aromatic rings. The molecule has 3 nitrogen and oxygen atoms in total. The number of benzene rings is 2. The molecular weight excluding hydrogens is 751 g/mol. The van der Waals surface area contributed by atoms with Crippen LogP contribution in [0.3, 0.4) is 0 Å². The summed E-state index contributed by atoms with van der Waals surface area (Å²) in [7, 11) is 0. The van der Waals surface area contributed by atoms with Gasteiger partial charge < -0.3 is 19.4 Å². The first-order valence-electron chi connectivity index (χ1n) is 16.9. The number of carbonyl (C=O) groups is 1. The zero-order chi connectivity index (χ0) is 36.2. The first kappa shape index (κ1) is 56.4. The van der Waals surface area contributed by atoms with Crippen molar-refractivity contribution in [3.05, 3.63) is 166 Å². The quantitative estimate of drug-likeness (QED) is 0.101. The first-order chi connectivity index (χ1) is 23.5. The van der Waals surface area contributed by atoms with Crippen LogP contribution in [0.15, 0.2) is 95.7 Å². The minimum absolute atomic E-state index is 0. The van der Waals surface area contributed by atoms with Crippen molar-refractivity contribution in [3.63, 3.8) is 0 Å². The van der Waals surface area contributed by atoms with Crippen molar-refractivity contribution in [1.82, 2.24) is 0 Å². The van der Waals surface area contributed by atoms with Crippen LogP contribution in [0, 0.1) is 55.9 Å². The number of aliphatic hydroxyl groups excluding tert-OH is 1. The van der Waals surface area contributed by atoms with Crippen molar-refractivity contribution < 1.29 is 87.0 Å². The maximum absolute atomic E-state index is 10.1. The molecule has 0 aliphatic carbocycles. The number of unbranched alkanes of at least 4 members (excludes halogenated alkanes) is 2. The molecule has 0 saturated heterocycles. The molecule has 1 unspecified atom stereocenters. The normalized spacial score (nSPS) is 9.77. The molecule has 0 aliphatic heterocycles. The van der Waals surface area contributed by atoms with Crippen molar-refractivity contribution >= 4 is 51.6 Å². The second-order valence-corrected chi connectivity index (χ2v) is 16.6. The van der Waals surface area contributed by atoms with E-state index in [2.05, 4.69) is 109 Å². The number of thiophene rings is 4. The van der Waals surface area contributed by atoms with Crippen molar-refractivity contribution in [2.75, 3.05) is 0 Å². The Hall–Kier alpha value is -0.936. The summed E-state index contributed by atoms with van der Waals surface area (Å²) in [6.45, 7) is 19.2. The van der Waals surface area contributed by atoms with Gasteiger partial charge in [0.05, 0.1) is 4.88 Å². The fourth-order valence-corrected chi connectivity index (χ4v) is 7.98. The summed E-state index contributed by atoms with van der Waals surface area (Å²) in [4.78, 5) is 17.6. The van der Waals surface area contributed by atoms with Gasteiger partial charge in [-0.05, 0) is 117 Å². The minimum atomic E-state index is -0.483. The number of aliphatic hydroxyl groups is 1. The van der Waals surface area contributed by atoms with Gasteiger partial charge in [0, 0.05) is 30.8 Å². The Kier molecular flexibility index (Phi) is 34.2. The van der Waals surface area contributed by atoms with Crippen LogP contribution in [-0.2, 0) is 6.42 Å². The van der Waals surface area contributed by atoms with Gasteiger partial charge in [-0.3, -0.25) is 4.79 Å². The van der Waals surface area contributed by atoms with Crippen LogP contribution in [0.2, 0.25) is 0 Å². The van der Waals surface area contributed by atoms with E-state index in [0.29, 0.717) is 0 Å². The molecule has 4 heterocycles. The Morgan fingerprint density at radius 2 is 1.19 bits per heavy atom. The Bertz CT molecular complexity index is 1710. The van der Waals surface area contributed by atoms with Gasteiger partial charge >= 0.3 is 70.2 Å². The summed E-state index contributed by atoms with van der Waals surface area (Å²) < 4.78 is 0. The summed E-state index contributed by atoms with van der Waals surface area (Å²) in [5.74, 6) is 0. The van der Waals surface area contributed by atoms with Gasteiger partial charge in [-0.15, -0.1) is 45.3 Å². The Morgan fingerprint density at radius 3 is 1.53 bits per heavy atom. The van der Waals surface area contributed by atoms with Crippen molar-refractivity contribution in [2.24, 2.45) is 0 Å². The van der Waals surface area contributed by atoms with E-state index in [4.69, 9.17) is 0 Å². The zero-order valence-corrected chi connectivity index (χ0v) is 40.5. The average Bonchev–Trinajstić information content (AvgIpc) is 3.87. The van der Waals surface area contributed by atoms with Crippen LogP contribution < -0.4 is 70.2 Å². The molecule has 280 valence electrons. The standard InChI is InChI=1S/C13H14OS.C13H14S.C6H6OS.C6H8S.C5H12.CH3.K.Li.H2O.H/c1-9-8-12(15-10(9)2)13(14)11-6-4-3-5-7-11;1-10-8-13(14-11(10)2)9-12-6-4-3-5-7-12;1-5-2-3-8-6(5)4-7;1-5-3-4-7-6(5)2;1-3-5-4-2;;;;;/h3-8,13-14H,1-2H3;3-8H,9H2,1-2H3;2-4H,1H3;3-4H,1-2H3;3-5H2,1-2H3;1H3;;;1H2;/q;;;;;-1;2*+1;;-1/p-1. The molecule has 4 aromatic heterocycles. The van der Waals surface area contributed by atoms with Crippen molar-refractivity contribution in [1.29, 1.82) is 0 Å². The smallest absolute Gasteiger partial charge is 1.00 e. The molecule has 0 spiro atoms. The van der Waals surface area contributed by atoms with Gasteiger partial charge in [-0.25, -0.2) is 0 Å². The van der Waals surface area contributed by atoms with Gasteiger partial charge in [0.15, 0.2) is 6.29 Å². The number of aryl methyl sites for hydroxylation is 7. The van der Waals surface area contributed by atoms with E-state index in [-0.39, 0.29) is 84.6 Å². The Labute approximate surface area is 393 Å². The van der Waals surface area contributed by atoms with E-state index >= 15 is 0 Å². The topological polar surface area (TPSA) is 67.3 Å². The maximum Gasteiger partial charge on any atom is 1.00 e. The van der Waals surface area contributed by atoms with Gasteiger partial charge in [0.25, 0.3) is 0 Å². The van der Waals surface area contributed by atoms with Crippen molar-refractivity contribution in [3.8, 4) is 0 Å². The second-order valence-electron chi connectivity index (χ2n) is 11.9. The summed E-state index contributed by atoms with van der Waals surface area (Å²) in [5, 5.41) is 14.2. The van der Waals surface area contributed by atoms with E-state index in [1.165, 1.54) is 72.4 Å². The average molecular weight is 810 g/mol. The van der Waals surface area contributed by atoms with Gasteiger partial charge in [0.1, 0.15) is 6.10 Å². The fraction of sp³-hybridized carbons (Fsp3) is 0.318. The second kappa shape index (κ2) is 32.2. The first-order valence-corrected chi connectivity index (χ1v) is 20.3. The number of rotatable bonds is 7. The monoisotopic (exact) mass is 809 g/mol. The summed E-state index contributed by atoms with van der Waals surface area (Å²) >= 11 is 6.86. The molecule has 53 heavy (non-hydrogen) atoms. The van der Waals surface area contributed by atoms with Crippen LogP contribution in [-0.4, -0.2) is 16.9 Å². The SMILES string of the molecule is CCCCC.Cc1cc(C(O)c2ccccc2)sc1C.Cc1cc(Cc2ccccc2)sc1C.Cc1ccsc1C.Cc1ccsc1C=O.[CH3-].[H-].[K+].[Li+].[OH-].